The first kappa shape index (κ1) is 22.3. The van der Waals surface area contributed by atoms with Gasteiger partial charge in [0.1, 0.15) is 5.00 Å². The summed E-state index contributed by atoms with van der Waals surface area (Å²) in [5, 5.41) is 5.10. The van der Waals surface area contributed by atoms with E-state index in [-0.39, 0.29) is 16.7 Å². The molecule has 0 radical (unpaired) electrons. The smallest absolute Gasteiger partial charge is 0.416 e. The van der Waals surface area contributed by atoms with E-state index in [1.165, 1.54) is 18.4 Å². The number of carbonyl (C=O) groups is 1. The largest absolute Gasteiger partial charge is 0.465 e. The van der Waals surface area contributed by atoms with Gasteiger partial charge in [-0.1, -0.05) is 0 Å². The number of hydrogen-bond acceptors (Lipinski definition) is 4. The van der Waals surface area contributed by atoms with Crippen molar-refractivity contribution in [2.24, 2.45) is 0 Å². The van der Waals surface area contributed by atoms with E-state index in [4.69, 9.17) is 17.0 Å². The molecular formula is C18H14F6N2O2S2. The van der Waals surface area contributed by atoms with E-state index >= 15 is 0 Å². The van der Waals surface area contributed by atoms with Crippen molar-refractivity contribution in [2.45, 2.75) is 31.6 Å². The molecule has 2 aromatic rings. The number of thiophene rings is 1. The molecule has 0 spiro atoms. The van der Waals surface area contributed by atoms with E-state index in [2.05, 4.69) is 10.6 Å². The van der Waals surface area contributed by atoms with Crippen molar-refractivity contribution in [1.29, 1.82) is 0 Å². The Bertz CT molecular complexity index is 966. The molecule has 3 rings (SSSR count). The fourth-order valence-corrected chi connectivity index (χ4v) is 4.67. The Morgan fingerprint density at radius 2 is 1.63 bits per heavy atom. The highest BCUT2D eigenvalue weighted by Gasteiger charge is 2.37. The lowest BCUT2D eigenvalue weighted by Crippen LogP contribution is -2.21. The van der Waals surface area contributed by atoms with Crippen LogP contribution in [0.4, 0.5) is 37.0 Å². The molecule has 4 nitrogen and oxygen atoms in total. The molecular weight excluding hydrogens is 454 g/mol. The number of aryl methyl sites for hydroxylation is 1. The first-order valence-corrected chi connectivity index (χ1v) is 9.73. The number of fused-ring (bicyclic) bond motifs is 1. The summed E-state index contributed by atoms with van der Waals surface area (Å²) in [4.78, 5) is 13.1. The lowest BCUT2D eigenvalue weighted by atomic mass is 10.1. The zero-order valence-electron chi connectivity index (χ0n) is 15.3. The molecule has 1 aromatic heterocycles. The highest BCUT2D eigenvalue weighted by atomic mass is 32.1. The minimum Gasteiger partial charge on any atom is -0.465 e. The molecule has 2 N–H and O–H groups in total. The zero-order valence-corrected chi connectivity index (χ0v) is 16.9. The van der Waals surface area contributed by atoms with E-state index in [0.29, 0.717) is 23.6 Å². The van der Waals surface area contributed by atoms with Gasteiger partial charge in [-0.15, -0.1) is 11.3 Å². The molecule has 0 aliphatic heterocycles. The van der Waals surface area contributed by atoms with Crippen LogP contribution in [0.1, 0.15) is 38.3 Å². The molecule has 0 saturated carbocycles. The van der Waals surface area contributed by atoms with Gasteiger partial charge in [-0.3, -0.25) is 0 Å². The number of ether oxygens (including phenoxy) is 1. The Hall–Kier alpha value is -2.34. The van der Waals surface area contributed by atoms with Gasteiger partial charge >= 0.3 is 18.3 Å². The maximum Gasteiger partial charge on any atom is 0.416 e. The molecule has 1 heterocycles. The van der Waals surface area contributed by atoms with Crippen LogP contribution in [0.3, 0.4) is 0 Å². The first-order chi connectivity index (χ1) is 13.9. The van der Waals surface area contributed by atoms with E-state index in [0.717, 1.165) is 23.3 Å². The predicted molar refractivity (Wildman–Crippen MR) is 104 cm³/mol. The van der Waals surface area contributed by atoms with Gasteiger partial charge in [0.25, 0.3) is 0 Å². The van der Waals surface area contributed by atoms with Gasteiger partial charge in [0.15, 0.2) is 5.11 Å². The first-order valence-electron chi connectivity index (χ1n) is 8.50. The number of rotatable bonds is 3. The molecule has 0 amide bonds. The van der Waals surface area contributed by atoms with Gasteiger partial charge < -0.3 is 15.4 Å². The fourth-order valence-electron chi connectivity index (χ4n) is 3.10. The second-order valence-corrected chi connectivity index (χ2v) is 7.94. The van der Waals surface area contributed by atoms with E-state index < -0.39 is 35.1 Å². The van der Waals surface area contributed by atoms with E-state index in [9.17, 15) is 31.1 Å². The van der Waals surface area contributed by atoms with Gasteiger partial charge in [0.05, 0.1) is 23.8 Å². The second kappa shape index (κ2) is 8.06. The summed E-state index contributed by atoms with van der Waals surface area (Å²) in [5.74, 6) is -0.599. The molecule has 0 unspecified atom stereocenters. The average Bonchev–Trinajstić information content (AvgIpc) is 3.19. The monoisotopic (exact) mass is 468 g/mol. The van der Waals surface area contributed by atoms with Crippen molar-refractivity contribution in [3.8, 4) is 0 Å². The maximum atomic E-state index is 13.0. The van der Waals surface area contributed by atoms with Crippen LogP contribution >= 0.6 is 23.6 Å². The van der Waals surface area contributed by atoms with Crippen molar-refractivity contribution < 1.29 is 35.9 Å². The predicted octanol–water partition coefficient (Wildman–Crippen LogP) is 5.87. The van der Waals surface area contributed by atoms with Crippen molar-refractivity contribution in [2.75, 3.05) is 17.7 Å². The fraction of sp³-hybridized carbons (Fsp3) is 0.333. The molecule has 1 aromatic carbocycles. The molecule has 0 bridgehead atoms. The number of thiocarbonyl (C=S) groups is 1. The van der Waals surface area contributed by atoms with Crippen LogP contribution in [-0.4, -0.2) is 18.2 Å². The summed E-state index contributed by atoms with van der Waals surface area (Å²) in [6.45, 7) is 0. The molecule has 1 aliphatic rings. The number of hydrogen-bond donors (Lipinski definition) is 2. The molecule has 0 saturated heterocycles. The van der Waals surface area contributed by atoms with Gasteiger partial charge in [-0.2, -0.15) is 26.3 Å². The highest BCUT2D eigenvalue weighted by molar-refractivity contribution is 7.80. The molecule has 0 atom stereocenters. The number of carbonyl (C=O) groups excluding carboxylic acids is 1. The zero-order chi connectivity index (χ0) is 22.3. The Labute approximate surface area is 176 Å². The van der Waals surface area contributed by atoms with Gasteiger partial charge in [-0.05, 0) is 55.2 Å². The standard InChI is InChI=1S/C18H14F6N2O2S2/c1-28-15(27)13-11-3-2-4-12(11)30-14(13)26-16(29)25-10-6-8(17(19,20)21)5-9(7-10)18(22,23)24/h5-7H,2-4H2,1H3,(H2,25,26,29). The minimum atomic E-state index is -4.97. The van der Waals surface area contributed by atoms with Crippen molar-refractivity contribution in [3.63, 3.8) is 0 Å². The summed E-state index contributed by atoms with van der Waals surface area (Å²) in [6.07, 6.45) is -7.65. The Morgan fingerprint density at radius 1 is 1.03 bits per heavy atom. The minimum absolute atomic E-state index is 0.0286. The second-order valence-electron chi connectivity index (χ2n) is 6.43. The van der Waals surface area contributed by atoms with Crippen molar-refractivity contribution in [1.82, 2.24) is 0 Å². The summed E-state index contributed by atoms with van der Waals surface area (Å²) in [5.41, 5.74) is -2.32. The summed E-state index contributed by atoms with van der Waals surface area (Å²) >= 11 is 6.30. The summed E-state index contributed by atoms with van der Waals surface area (Å²) < 4.78 is 82.8. The van der Waals surface area contributed by atoms with Crippen LogP contribution in [0.2, 0.25) is 0 Å². The van der Waals surface area contributed by atoms with Crippen molar-refractivity contribution in [3.05, 3.63) is 45.3 Å². The summed E-state index contributed by atoms with van der Waals surface area (Å²) in [7, 11) is 1.21. The van der Waals surface area contributed by atoms with Gasteiger partial charge in [0.2, 0.25) is 0 Å². The Morgan fingerprint density at radius 3 is 2.17 bits per heavy atom. The van der Waals surface area contributed by atoms with Crippen LogP contribution in [0, 0.1) is 0 Å². The molecule has 1 aliphatic carbocycles. The Balaban J connectivity index is 1.88. The van der Waals surface area contributed by atoms with Gasteiger partial charge in [-0.25, -0.2) is 4.79 Å². The quantitative estimate of drug-likeness (QED) is 0.335. The van der Waals surface area contributed by atoms with Crippen LogP contribution < -0.4 is 10.6 Å². The lowest BCUT2D eigenvalue weighted by Gasteiger charge is -2.16. The number of esters is 1. The number of nitrogens with one attached hydrogen (secondary N) is 2. The number of alkyl halides is 6. The third-order valence-corrected chi connectivity index (χ3v) is 5.79. The van der Waals surface area contributed by atoms with Crippen LogP contribution in [0.5, 0.6) is 0 Å². The number of methoxy groups -OCH3 is 1. The number of anilines is 2. The molecule has 30 heavy (non-hydrogen) atoms. The maximum absolute atomic E-state index is 13.0. The number of halogens is 6. The van der Waals surface area contributed by atoms with E-state index in [1.54, 1.807) is 0 Å². The van der Waals surface area contributed by atoms with Crippen molar-refractivity contribution >= 4 is 45.3 Å². The van der Waals surface area contributed by atoms with Crippen LogP contribution in [0.25, 0.3) is 0 Å². The Kier molecular flexibility index (Phi) is 6.01. The summed E-state index contributed by atoms with van der Waals surface area (Å²) in [6, 6.07) is 1.08. The van der Waals surface area contributed by atoms with E-state index in [1.807, 2.05) is 0 Å². The molecule has 0 fully saturated rings. The van der Waals surface area contributed by atoms with Gasteiger partial charge in [0, 0.05) is 10.6 Å². The molecule has 12 heteroatoms. The van der Waals surface area contributed by atoms with Crippen LogP contribution in [0.15, 0.2) is 18.2 Å². The topological polar surface area (TPSA) is 50.4 Å². The lowest BCUT2D eigenvalue weighted by molar-refractivity contribution is -0.143. The average molecular weight is 468 g/mol. The molecule has 162 valence electrons. The number of benzene rings is 1. The third kappa shape index (κ3) is 4.69. The normalized spacial score (nSPS) is 13.7. The highest BCUT2D eigenvalue weighted by Crippen LogP contribution is 2.40. The third-order valence-electron chi connectivity index (χ3n) is 4.38. The SMILES string of the molecule is COC(=O)c1c(NC(=S)Nc2cc(C(F)(F)F)cc(C(F)(F)F)c2)sc2c1CCC2. The van der Waals surface area contributed by atoms with Crippen LogP contribution in [-0.2, 0) is 29.9 Å².